The van der Waals surface area contributed by atoms with Crippen molar-refractivity contribution in [3.05, 3.63) is 0 Å². The maximum Gasteiger partial charge on any atom is -0.0297 e. The van der Waals surface area contributed by atoms with Gasteiger partial charge in [0.2, 0.25) is 0 Å². The zero-order valence-electron chi connectivity index (χ0n) is 11.2. The first kappa shape index (κ1) is 11.5. The lowest BCUT2D eigenvalue weighted by Crippen LogP contribution is -2.36. The van der Waals surface area contributed by atoms with Gasteiger partial charge < -0.3 is 0 Å². The first-order chi connectivity index (χ1) is 6.83. The molecule has 2 aliphatic rings. The van der Waals surface area contributed by atoms with E-state index >= 15 is 0 Å². The van der Waals surface area contributed by atoms with Crippen LogP contribution in [-0.2, 0) is 0 Å². The van der Waals surface area contributed by atoms with Gasteiger partial charge in [0.25, 0.3) is 0 Å². The van der Waals surface area contributed by atoms with Crippen molar-refractivity contribution in [2.75, 3.05) is 0 Å². The van der Waals surface area contributed by atoms with Crippen molar-refractivity contribution in [3.63, 3.8) is 0 Å². The Morgan fingerprint density at radius 2 is 0.733 bits per heavy atom. The van der Waals surface area contributed by atoms with Crippen molar-refractivity contribution in [1.29, 1.82) is 0 Å². The highest BCUT2D eigenvalue weighted by atomic mass is 14.5. The molecule has 0 aromatic heterocycles. The van der Waals surface area contributed by atoms with Crippen molar-refractivity contribution in [1.82, 2.24) is 0 Å². The van der Waals surface area contributed by atoms with Gasteiger partial charge in [0.15, 0.2) is 0 Å². The summed E-state index contributed by atoms with van der Waals surface area (Å²) in [6.45, 7) is 9.80. The molecule has 0 amide bonds. The summed E-state index contributed by atoms with van der Waals surface area (Å²) in [5, 5.41) is 0. The molecule has 0 nitrogen and oxygen atoms in total. The lowest BCUT2D eigenvalue weighted by Gasteiger charge is -2.49. The second-order valence-corrected chi connectivity index (χ2v) is 7.83. The summed E-state index contributed by atoms with van der Waals surface area (Å²) in [7, 11) is 0. The van der Waals surface area contributed by atoms with Crippen LogP contribution in [0.5, 0.6) is 0 Å². The van der Waals surface area contributed by atoms with E-state index in [2.05, 4.69) is 27.7 Å². The topological polar surface area (TPSA) is 0 Å². The zero-order valence-corrected chi connectivity index (χ0v) is 11.2. The smallest absolute Gasteiger partial charge is 0.0297 e. The van der Waals surface area contributed by atoms with E-state index in [9.17, 15) is 0 Å². The molecule has 0 heterocycles. The zero-order chi connectivity index (χ0) is 11.2. The van der Waals surface area contributed by atoms with Crippen LogP contribution >= 0.6 is 0 Å². The van der Waals surface area contributed by atoms with Gasteiger partial charge in [-0.2, -0.15) is 0 Å². The molecule has 2 saturated carbocycles. The Kier molecular flexibility index (Phi) is 2.68. The third-order valence-corrected chi connectivity index (χ3v) is 5.33. The minimum absolute atomic E-state index is 0.637. The highest BCUT2D eigenvalue weighted by Gasteiger charge is 2.42. The van der Waals surface area contributed by atoms with Crippen molar-refractivity contribution >= 4 is 0 Å². The van der Waals surface area contributed by atoms with Crippen molar-refractivity contribution in [2.24, 2.45) is 16.2 Å². The largest absolute Gasteiger partial charge is 0.0599 e. The molecule has 0 heteroatoms. The lowest BCUT2D eigenvalue weighted by molar-refractivity contribution is 0.0275. The van der Waals surface area contributed by atoms with Crippen molar-refractivity contribution in [2.45, 2.75) is 79.1 Å². The van der Waals surface area contributed by atoms with Gasteiger partial charge in [-0.05, 0) is 67.6 Å². The van der Waals surface area contributed by atoms with E-state index < -0.39 is 0 Å². The van der Waals surface area contributed by atoms with Crippen LogP contribution in [0.3, 0.4) is 0 Å². The minimum atomic E-state index is 0.637. The van der Waals surface area contributed by atoms with E-state index in [0.717, 1.165) is 5.41 Å². The average molecular weight is 208 g/mol. The van der Waals surface area contributed by atoms with Gasteiger partial charge in [-0.3, -0.25) is 0 Å². The predicted octanol–water partition coefficient (Wildman–Crippen LogP) is 5.17. The third kappa shape index (κ3) is 2.57. The molecule has 0 aromatic carbocycles. The Labute approximate surface area is 95.8 Å². The SMILES string of the molecule is CC1(C)CCC2(CC1)CCC(C)(C)CC2. The second kappa shape index (κ2) is 3.50. The highest BCUT2D eigenvalue weighted by molar-refractivity contribution is 4.94. The van der Waals surface area contributed by atoms with Crippen molar-refractivity contribution < 1.29 is 0 Å². The molecular formula is C15H28. The number of hydrogen-bond donors (Lipinski definition) is 0. The van der Waals surface area contributed by atoms with E-state index in [1.54, 1.807) is 0 Å². The summed E-state index contributed by atoms with van der Waals surface area (Å²) in [4.78, 5) is 0. The van der Waals surface area contributed by atoms with Crippen molar-refractivity contribution in [3.8, 4) is 0 Å². The van der Waals surface area contributed by atoms with Crippen LogP contribution in [0.15, 0.2) is 0 Å². The molecule has 0 atom stereocenters. The Balaban J connectivity index is 1.95. The molecule has 0 saturated heterocycles. The number of hydrogen-bond acceptors (Lipinski definition) is 0. The molecule has 0 bridgehead atoms. The average Bonchev–Trinajstić information content (AvgIpc) is 2.15. The first-order valence-electron chi connectivity index (χ1n) is 6.83. The van der Waals surface area contributed by atoms with Crippen LogP contribution in [0.4, 0.5) is 0 Å². The molecule has 1 spiro atoms. The van der Waals surface area contributed by atoms with Crippen LogP contribution in [0.2, 0.25) is 0 Å². The molecule has 0 aromatic rings. The molecule has 0 N–H and O–H groups in total. The highest BCUT2D eigenvalue weighted by Crippen LogP contribution is 2.55. The van der Waals surface area contributed by atoms with Crippen LogP contribution < -0.4 is 0 Å². The maximum atomic E-state index is 2.45. The van der Waals surface area contributed by atoms with Crippen LogP contribution in [0.25, 0.3) is 0 Å². The standard InChI is InChI=1S/C15H28/c1-13(2)5-9-15(10-6-13)11-7-14(3,4)8-12-15/h5-12H2,1-4H3. The summed E-state index contributed by atoms with van der Waals surface area (Å²) >= 11 is 0. The van der Waals surface area contributed by atoms with Gasteiger partial charge in [-0.15, -0.1) is 0 Å². The van der Waals surface area contributed by atoms with Gasteiger partial charge in [-0.1, -0.05) is 27.7 Å². The van der Waals surface area contributed by atoms with Crippen LogP contribution in [0.1, 0.15) is 79.1 Å². The molecule has 0 radical (unpaired) electrons. The van der Waals surface area contributed by atoms with E-state index in [1.807, 2.05) is 0 Å². The fraction of sp³-hybridized carbons (Fsp3) is 1.00. The fourth-order valence-electron chi connectivity index (χ4n) is 3.41. The molecule has 88 valence electrons. The Bertz CT molecular complexity index is 185. The molecule has 15 heavy (non-hydrogen) atoms. The van der Waals surface area contributed by atoms with Gasteiger partial charge in [0.05, 0.1) is 0 Å². The molecule has 0 unspecified atom stereocenters. The molecule has 2 fully saturated rings. The normalized spacial score (nSPS) is 32.8. The maximum absolute atomic E-state index is 2.45. The first-order valence-corrected chi connectivity index (χ1v) is 6.83. The number of rotatable bonds is 0. The third-order valence-electron chi connectivity index (χ3n) is 5.33. The Morgan fingerprint density at radius 3 is 1.00 bits per heavy atom. The molecular weight excluding hydrogens is 180 g/mol. The summed E-state index contributed by atoms with van der Waals surface area (Å²) in [5.41, 5.74) is 2.04. The summed E-state index contributed by atoms with van der Waals surface area (Å²) in [6.07, 6.45) is 11.9. The van der Waals surface area contributed by atoms with Crippen LogP contribution in [0, 0.1) is 16.2 Å². The molecule has 2 rings (SSSR count). The van der Waals surface area contributed by atoms with Gasteiger partial charge in [0.1, 0.15) is 0 Å². The predicted molar refractivity (Wildman–Crippen MR) is 66.9 cm³/mol. The van der Waals surface area contributed by atoms with Gasteiger partial charge >= 0.3 is 0 Å². The molecule has 0 aliphatic heterocycles. The van der Waals surface area contributed by atoms with E-state index in [4.69, 9.17) is 0 Å². The van der Waals surface area contributed by atoms with E-state index in [1.165, 1.54) is 51.4 Å². The lowest BCUT2D eigenvalue weighted by atomic mass is 9.56. The second-order valence-electron chi connectivity index (χ2n) is 7.83. The molecule has 2 aliphatic carbocycles. The fourth-order valence-corrected chi connectivity index (χ4v) is 3.41. The summed E-state index contributed by atoms with van der Waals surface area (Å²) in [5.74, 6) is 0. The van der Waals surface area contributed by atoms with Gasteiger partial charge in [-0.25, -0.2) is 0 Å². The quantitative estimate of drug-likeness (QED) is 0.515. The van der Waals surface area contributed by atoms with E-state index in [-0.39, 0.29) is 0 Å². The van der Waals surface area contributed by atoms with E-state index in [0.29, 0.717) is 10.8 Å². The van der Waals surface area contributed by atoms with Crippen LogP contribution in [-0.4, -0.2) is 0 Å². The Morgan fingerprint density at radius 1 is 0.467 bits per heavy atom. The Hall–Kier alpha value is 0. The minimum Gasteiger partial charge on any atom is -0.0599 e. The summed E-state index contributed by atoms with van der Waals surface area (Å²) < 4.78 is 0. The monoisotopic (exact) mass is 208 g/mol. The van der Waals surface area contributed by atoms with Gasteiger partial charge in [0, 0.05) is 0 Å². The summed E-state index contributed by atoms with van der Waals surface area (Å²) in [6, 6.07) is 0.